The fraction of sp³-hybridized carbons (Fsp3) is 0.500. The lowest BCUT2D eigenvalue weighted by Crippen LogP contribution is -2.34. The van der Waals surface area contributed by atoms with Gasteiger partial charge < -0.3 is 10.1 Å². The minimum atomic E-state index is -3.37. The third kappa shape index (κ3) is 7.99. The molecule has 0 saturated carbocycles. The number of rotatable bonds is 9. The Morgan fingerprint density at radius 3 is 2.35 bits per heavy atom. The molecule has 1 amide bonds. The summed E-state index contributed by atoms with van der Waals surface area (Å²) < 4.78 is 29.6. The van der Waals surface area contributed by atoms with Gasteiger partial charge in [0.1, 0.15) is 0 Å². The summed E-state index contributed by atoms with van der Waals surface area (Å²) >= 11 is 11.7. The molecule has 0 heterocycles. The second kappa shape index (κ2) is 9.44. The Hall–Kier alpha value is -0.860. The van der Waals surface area contributed by atoms with Crippen LogP contribution in [0.1, 0.15) is 12.8 Å². The van der Waals surface area contributed by atoms with Gasteiger partial charge in [0, 0.05) is 49.0 Å². The number of amides is 1. The molecule has 0 saturated heterocycles. The quantitative estimate of drug-likeness (QED) is 0.666. The number of benzene rings is 1. The van der Waals surface area contributed by atoms with Crippen LogP contribution in [0.25, 0.3) is 0 Å². The van der Waals surface area contributed by atoms with E-state index in [-0.39, 0.29) is 18.9 Å². The largest absolute Gasteiger partial charge is 0.385 e. The number of hydrogen-bond acceptors (Lipinski definition) is 4. The Balaban J connectivity index is 2.57. The molecule has 0 fully saturated rings. The number of halogens is 2. The lowest BCUT2D eigenvalue weighted by atomic mass is 10.3. The van der Waals surface area contributed by atoms with E-state index in [9.17, 15) is 13.2 Å². The number of sulfonamides is 1. The molecule has 0 aliphatic rings. The van der Waals surface area contributed by atoms with Crippen LogP contribution in [0, 0.1) is 0 Å². The standard InChI is InChI=1S/C14H20Cl2N2O4S/c1-22-7-3-5-18(23(2,20)21)6-4-14(19)17-13-9-11(15)8-12(16)10-13/h8-10H,3-7H2,1-2H3,(H,17,19). The fourth-order valence-corrected chi connectivity index (χ4v) is 3.31. The summed E-state index contributed by atoms with van der Waals surface area (Å²) in [4.78, 5) is 12.0. The zero-order valence-corrected chi connectivity index (χ0v) is 15.3. The number of anilines is 1. The molecule has 0 spiro atoms. The van der Waals surface area contributed by atoms with Crippen LogP contribution in [0.4, 0.5) is 5.69 Å². The van der Waals surface area contributed by atoms with Crippen molar-refractivity contribution in [3.8, 4) is 0 Å². The first-order chi connectivity index (χ1) is 10.7. The molecule has 0 atom stereocenters. The number of nitrogens with zero attached hydrogens (tertiary/aromatic N) is 1. The van der Waals surface area contributed by atoms with Crippen LogP contribution in [0.5, 0.6) is 0 Å². The zero-order valence-electron chi connectivity index (χ0n) is 13.0. The molecule has 1 N–H and O–H groups in total. The summed E-state index contributed by atoms with van der Waals surface area (Å²) in [6, 6.07) is 4.69. The molecule has 130 valence electrons. The van der Waals surface area contributed by atoms with Gasteiger partial charge in [0.05, 0.1) is 6.26 Å². The highest BCUT2D eigenvalue weighted by Crippen LogP contribution is 2.22. The molecule has 1 aromatic rings. The lowest BCUT2D eigenvalue weighted by Gasteiger charge is -2.19. The van der Waals surface area contributed by atoms with Gasteiger partial charge in [-0.1, -0.05) is 23.2 Å². The van der Waals surface area contributed by atoms with Gasteiger partial charge in [-0.2, -0.15) is 0 Å². The van der Waals surface area contributed by atoms with E-state index in [1.807, 2.05) is 0 Å². The van der Waals surface area contributed by atoms with Crippen LogP contribution in [0.15, 0.2) is 18.2 Å². The van der Waals surface area contributed by atoms with Crippen LogP contribution < -0.4 is 5.32 Å². The Morgan fingerprint density at radius 1 is 1.22 bits per heavy atom. The van der Waals surface area contributed by atoms with Gasteiger partial charge in [0.2, 0.25) is 15.9 Å². The van der Waals surface area contributed by atoms with Gasteiger partial charge in [0.15, 0.2) is 0 Å². The molecular weight excluding hydrogens is 363 g/mol. The van der Waals surface area contributed by atoms with Gasteiger partial charge in [-0.3, -0.25) is 4.79 Å². The third-order valence-electron chi connectivity index (χ3n) is 2.96. The van der Waals surface area contributed by atoms with Gasteiger partial charge in [-0.05, 0) is 24.6 Å². The Bertz CT molecular complexity index is 617. The molecule has 1 aromatic carbocycles. The van der Waals surface area contributed by atoms with E-state index in [4.69, 9.17) is 27.9 Å². The molecule has 0 aromatic heterocycles. The van der Waals surface area contributed by atoms with Crippen molar-refractivity contribution in [2.75, 3.05) is 38.4 Å². The van der Waals surface area contributed by atoms with Crippen LogP contribution in [0.3, 0.4) is 0 Å². The summed E-state index contributed by atoms with van der Waals surface area (Å²) in [7, 11) is -1.82. The monoisotopic (exact) mass is 382 g/mol. The Labute approximate surface area is 146 Å². The molecule has 9 heteroatoms. The molecule has 0 radical (unpaired) electrons. The van der Waals surface area contributed by atoms with Crippen molar-refractivity contribution in [3.05, 3.63) is 28.2 Å². The smallest absolute Gasteiger partial charge is 0.225 e. The van der Waals surface area contributed by atoms with E-state index >= 15 is 0 Å². The van der Waals surface area contributed by atoms with Crippen molar-refractivity contribution in [1.29, 1.82) is 0 Å². The predicted molar refractivity (Wildman–Crippen MR) is 92.6 cm³/mol. The maximum atomic E-state index is 12.0. The number of carbonyl (C=O) groups is 1. The maximum absolute atomic E-state index is 12.0. The summed E-state index contributed by atoms with van der Waals surface area (Å²) in [6.45, 7) is 0.866. The van der Waals surface area contributed by atoms with E-state index in [0.717, 1.165) is 6.26 Å². The number of hydrogen-bond donors (Lipinski definition) is 1. The second-order valence-corrected chi connectivity index (χ2v) is 7.82. The minimum absolute atomic E-state index is 0.0319. The van der Waals surface area contributed by atoms with Crippen LogP contribution in [-0.4, -0.2) is 51.7 Å². The van der Waals surface area contributed by atoms with E-state index < -0.39 is 10.0 Å². The average molecular weight is 383 g/mol. The van der Waals surface area contributed by atoms with Crippen LogP contribution in [0.2, 0.25) is 10.0 Å². The second-order valence-electron chi connectivity index (χ2n) is 4.96. The minimum Gasteiger partial charge on any atom is -0.385 e. The highest BCUT2D eigenvalue weighted by atomic mass is 35.5. The third-order valence-corrected chi connectivity index (χ3v) is 4.70. The Morgan fingerprint density at radius 2 is 1.83 bits per heavy atom. The van der Waals surface area contributed by atoms with Crippen molar-refractivity contribution in [2.45, 2.75) is 12.8 Å². The van der Waals surface area contributed by atoms with Gasteiger partial charge in [-0.15, -0.1) is 0 Å². The number of nitrogens with one attached hydrogen (secondary N) is 1. The van der Waals surface area contributed by atoms with E-state index in [1.165, 1.54) is 4.31 Å². The van der Waals surface area contributed by atoms with Crippen molar-refractivity contribution in [1.82, 2.24) is 4.31 Å². The number of carbonyl (C=O) groups excluding carboxylic acids is 1. The summed E-state index contributed by atoms with van der Waals surface area (Å²) in [5, 5.41) is 3.46. The predicted octanol–water partition coefficient (Wildman–Crippen LogP) is 2.62. The summed E-state index contributed by atoms with van der Waals surface area (Å²) in [5.41, 5.74) is 0.470. The van der Waals surface area contributed by atoms with Crippen molar-refractivity contribution >= 4 is 44.8 Å². The highest BCUT2D eigenvalue weighted by Gasteiger charge is 2.17. The molecule has 0 aliphatic carbocycles. The lowest BCUT2D eigenvalue weighted by molar-refractivity contribution is -0.116. The normalized spacial score (nSPS) is 11.7. The molecule has 6 nitrogen and oxygen atoms in total. The van der Waals surface area contributed by atoms with Crippen molar-refractivity contribution < 1.29 is 17.9 Å². The fourth-order valence-electron chi connectivity index (χ4n) is 1.90. The van der Waals surface area contributed by atoms with Gasteiger partial charge in [-0.25, -0.2) is 12.7 Å². The van der Waals surface area contributed by atoms with Gasteiger partial charge in [0.25, 0.3) is 0 Å². The van der Waals surface area contributed by atoms with E-state index in [1.54, 1.807) is 25.3 Å². The molecule has 0 unspecified atom stereocenters. The molecular formula is C14H20Cl2N2O4S. The SMILES string of the molecule is COCCCN(CCC(=O)Nc1cc(Cl)cc(Cl)c1)S(C)(=O)=O. The molecule has 0 bridgehead atoms. The van der Waals surface area contributed by atoms with Crippen LogP contribution in [-0.2, 0) is 19.6 Å². The van der Waals surface area contributed by atoms with E-state index in [0.29, 0.717) is 35.3 Å². The zero-order chi connectivity index (χ0) is 17.5. The summed E-state index contributed by atoms with van der Waals surface area (Å²) in [6.07, 6.45) is 1.72. The molecule has 0 aliphatic heterocycles. The van der Waals surface area contributed by atoms with Gasteiger partial charge >= 0.3 is 0 Å². The highest BCUT2D eigenvalue weighted by molar-refractivity contribution is 7.88. The van der Waals surface area contributed by atoms with E-state index in [2.05, 4.69) is 5.32 Å². The van der Waals surface area contributed by atoms with Crippen molar-refractivity contribution in [2.24, 2.45) is 0 Å². The maximum Gasteiger partial charge on any atom is 0.225 e. The topological polar surface area (TPSA) is 75.7 Å². The van der Waals surface area contributed by atoms with Crippen LogP contribution >= 0.6 is 23.2 Å². The first kappa shape index (κ1) is 20.2. The summed E-state index contributed by atoms with van der Waals surface area (Å²) in [5.74, 6) is -0.316. The first-order valence-electron chi connectivity index (χ1n) is 6.92. The molecule has 23 heavy (non-hydrogen) atoms. The Kier molecular flexibility index (Phi) is 8.28. The first-order valence-corrected chi connectivity index (χ1v) is 9.53. The van der Waals surface area contributed by atoms with Crippen molar-refractivity contribution in [3.63, 3.8) is 0 Å². The average Bonchev–Trinajstić information content (AvgIpc) is 2.40. The number of ether oxygens (including phenoxy) is 1. The molecule has 1 rings (SSSR count). The number of methoxy groups -OCH3 is 1.